The van der Waals surface area contributed by atoms with Gasteiger partial charge in [-0.3, -0.25) is 0 Å². The van der Waals surface area contributed by atoms with E-state index in [9.17, 15) is 5.11 Å². The highest BCUT2D eigenvalue weighted by molar-refractivity contribution is 5.54. The molecular formula is C16H19NO3. The normalized spacial score (nSPS) is 20.7. The molecule has 2 aromatic rings. The van der Waals surface area contributed by atoms with E-state index in [1.807, 2.05) is 12.1 Å². The Hall–Kier alpha value is -2.10. The van der Waals surface area contributed by atoms with Crippen molar-refractivity contribution in [1.82, 2.24) is 0 Å². The van der Waals surface area contributed by atoms with Gasteiger partial charge in [0, 0.05) is 17.7 Å². The maximum atomic E-state index is 9.71. The number of hydrogen-bond acceptors (Lipinski definition) is 4. The van der Waals surface area contributed by atoms with Crippen molar-refractivity contribution in [3.8, 4) is 11.5 Å². The van der Waals surface area contributed by atoms with Crippen LogP contribution in [0.5, 0.6) is 11.5 Å². The first-order valence-electron chi connectivity index (χ1n) is 6.87. The summed E-state index contributed by atoms with van der Waals surface area (Å²) in [6.45, 7) is 2.85. The Morgan fingerprint density at radius 1 is 1.35 bits per heavy atom. The van der Waals surface area contributed by atoms with E-state index in [1.165, 1.54) is 13.5 Å². The first-order valence-corrected chi connectivity index (χ1v) is 6.87. The predicted molar refractivity (Wildman–Crippen MR) is 77.2 cm³/mol. The standard InChI is InChI=1S/C16H19NO3/c1-10-7-13(10)15-6-4-12(20-15)9-17-11-3-5-16(19-2)14(18)8-11/h3-6,8,10,13,17-18H,7,9H2,1-2H3. The van der Waals surface area contributed by atoms with Crippen molar-refractivity contribution < 1.29 is 14.3 Å². The number of rotatable bonds is 5. The lowest BCUT2D eigenvalue weighted by molar-refractivity contribution is 0.373. The lowest BCUT2D eigenvalue weighted by Gasteiger charge is -2.07. The van der Waals surface area contributed by atoms with Crippen molar-refractivity contribution in [2.75, 3.05) is 12.4 Å². The Morgan fingerprint density at radius 3 is 2.80 bits per heavy atom. The van der Waals surface area contributed by atoms with E-state index >= 15 is 0 Å². The van der Waals surface area contributed by atoms with Crippen LogP contribution in [0.2, 0.25) is 0 Å². The number of phenolic OH excluding ortho intramolecular Hbond substituents is 1. The number of ether oxygens (including phenoxy) is 1. The number of nitrogens with one attached hydrogen (secondary N) is 1. The molecule has 1 fully saturated rings. The molecule has 1 saturated carbocycles. The van der Waals surface area contributed by atoms with Crippen molar-refractivity contribution >= 4 is 5.69 Å². The minimum Gasteiger partial charge on any atom is -0.504 e. The number of hydrogen-bond donors (Lipinski definition) is 2. The Bertz CT molecular complexity index is 606. The average molecular weight is 273 g/mol. The van der Waals surface area contributed by atoms with Gasteiger partial charge in [-0.25, -0.2) is 0 Å². The van der Waals surface area contributed by atoms with Crippen LogP contribution in [0.25, 0.3) is 0 Å². The summed E-state index contributed by atoms with van der Waals surface area (Å²) in [5, 5.41) is 12.9. The van der Waals surface area contributed by atoms with Gasteiger partial charge in [0.2, 0.25) is 0 Å². The van der Waals surface area contributed by atoms with E-state index in [0.717, 1.165) is 23.1 Å². The summed E-state index contributed by atoms with van der Waals surface area (Å²) < 4.78 is 10.8. The maximum absolute atomic E-state index is 9.71. The molecule has 0 radical (unpaired) electrons. The summed E-state index contributed by atoms with van der Waals surface area (Å²) in [7, 11) is 1.53. The van der Waals surface area contributed by atoms with Crippen LogP contribution in [-0.4, -0.2) is 12.2 Å². The number of methoxy groups -OCH3 is 1. The molecule has 1 aromatic heterocycles. The second kappa shape index (κ2) is 5.12. The van der Waals surface area contributed by atoms with E-state index in [2.05, 4.69) is 18.3 Å². The van der Waals surface area contributed by atoms with Gasteiger partial charge in [0.25, 0.3) is 0 Å². The van der Waals surface area contributed by atoms with Crippen molar-refractivity contribution in [3.63, 3.8) is 0 Å². The van der Waals surface area contributed by atoms with Crippen LogP contribution < -0.4 is 10.1 Å². The van der Waals surface area contributed by atoms with Gasteiger partial charge in [0.1, 0.15) is 11.5 Å². The Kier molecular flexibility index (Phi) is 3.30. The topological polar surface area (TPSA) is 54.6 Å². The van der Waals surface area contributed by atoms with Crippen LogP contribution in [0, 0.1) is 5.92 Å². The smallest absolute Gasteiger partial charge is 0.160 e. The molecule has 0 bridgehead atoms. The summed E-state index contributed by atoms with van der Waals surface area (Å²) in [4.78, 5) is 0. The van der Waals surface area contributed by atoms with Gasteiger partial charge in [-0.1, -0.05) is 6.92 Å². The van der Waals surface area contributed by atoms with Gasteiger partial charge >= 0.3 is 0 Å². The molecule has 20 heavy (non-hydrogen) atoms. The second-order valence-electron chi connectivity index (χ2n) is 5.36. The number of anilines is 1. The molecule has 1 aromatic carbocycles. The molecule has 0 aliphatic heterocycles. The van der Waals surface area contributed by atoms with Crippen molar-refractivity contribution in [3.05, 3.63) is 41.9 Å². The fourth-order valence-corrected chi connectivity index (χ4v) is 2.40. The maximum Gasteiger partial charge on any atom is 0.160 e. The van der Waals surface area contributed by atoms with E-state index in [4.69, 9.17) is 9.15 Å². The average Bonchev–Trinajstić information content (AvgIpc) is 3.00. The zero-order valence-electron chi connectivity index (χ0n) is 11.7. The highest BCUT2D eigenvalue weighted by atomic mass is 16.5. The minimum atomic E-state index is 0.129. The summed E-state index contributed by atoms with van der Waals surface area (Å²) in [5.41, 5.74) is 0.834. The van der Waals surface area contributed by atoms with Crippen LogP contribution in [0.15, 0.2) is 34.7 Å². The molecule has 2 unspecified atom stereocenters. The fraction of sp³-hybridized carbons (Fsp3) is 0.375. The summed E-state index contributed by atoms with van der Waals surface area (Å²) in [6.07, 6.45) is 1.23. The summed E-state index contributed by atoms with van der Waals surface area (Å²) >= 11 is 0. The van der Waals surface area contributed by atoms with Crippen LogP contribution >= 0.6 is 0 Å². The zero-order chi connectivity index (χ0) is 14.1. The first kappa shape index (κ1) is 12.9. The molecule has 0 saturated heterocycles. The van der Waals surface area contributed by atoms with Crippen LogP contribution in [0.1, 0.15) is 30.8 Å². The van der Waals surface area contributed by atoms with Gasteiger partial charge < -0.3 is 19.6 Å². The van der Waals surface area contributed by atoms with E-state index in [1.54, 1.807) is 12.1 Å². The molecule has 1 aliphatic carbocycles. The van der Waals surface area contributed by atoms with Crippen LogP contribution in [-0.2, 0) is 6.54 Å². The number of aromatic hydroxyl groups is 1. The van der Waals surface area contributed by atoms with Gasteiger partial charge in [0.05, 0.1) is 13.7 Å². The Morgan fingerprint density at radius 2 is 2.15 bits per heavy atom. The molecule has 0 amide bonds. The van der Waals surface area contributed by atoms with Crippen molar-refractivity contribution in [1.29, 1.82) is 0 Å². The molecule has 3 rings (SSSR count). The summed E-state index contributed by atoms with van der Waals surface area (Å²) in [5.74, 6) is 3.96. The molecule has 1 aliphatic rings. The largest absolute Gasteiger partial charge is 0.504 e. The molecular weight excluding hydrogens is 254 g/mol. The van der Waals surface area contributed by atoms with E-state index < -0.39 is 0 Å². The van der Waals surface area contributed by atoms with Crippen LogP contribution in [0.4, 0.5) is 5.69 Å². The lowest BCUT2D eigenvalue weighted by atomic mass is 10.2. The van der Waals surface area contributed by atoms with Crippen LogP contribution in [0.3, 0.4) is 0 Å². The molecule has 106 valence electrons. The minimum absolute atomic E-state index is 0.129. The van der Waals surface area contributed by atoms with Gasteiger partial charge in [-0.2, -0.15) is 0 Å². The second-order valence-corrected chi connectivity index (χ2v) is 5.36. The van der Waals surface area contributed by atoms with Gasteiger partial charge in [0.15, 0.2) is 11.5 Å². The zero-order valence-corrected chi connectivity index (χ0v) is 11.7. The molecule has 2 atom stereocenters. The third kappa shape index (κ3) is 2.59. The fourth-order valence-electron chi connectivity index (χ4n) is 2.40. The molecule has 0 spiro atoms. The van der Waals surface area contributed by atoms with E-state index in [-0.39, 0.29) is 5.75 Å². The number of benzene rings is 1. The SMILES string of the molecule is COc1ccc(NCc2ccc(C3CC3C)o2)cc1O. The first-order chi connectivity index (χ1) is 9.67. The van der Waals surface area contributed by atoms with E-state index in [0.29, 0.717) is 18.2 Å². The molecule has 2 N–H and O–H groups in total. The number of furan rings is 1. The predicted octanol–water partition coefficient (Wildman–Crippen LogP) is 3.73. The lowest BCUT2D eigenvalue weighted by Crippen LogP contribution is -1.98. The monoisotopic (exact) mass is 273 g/mol. The molecule has 1 heterocycles. The quantitative estimate of drug-likeness (QED) is 0.871. The number of phenols is 1. The van der Waals surface area contributed by atoms with Crippen molar-refractivity contribution in [2.24, 2.45) is 5.92 Å². The van der Waals surface area contributed by atoms with Gasteiger partial charge in [-0.15, -0.1) is 0 Å². The molecule has 4 heteroatoms. The Labute approximate surface area is 118 Å². The third-order valence-corrected chi connectivity index (χ3v) is 3.80. The summed E-state index contributed by atoms with van der Waals surface area (Å²) in [6, 6.07) is 9.32. The molecule has 4 nitrogen and oxygen atoms in total. The third-order valence-electron chi connectivity index (χ3n) is 3.80. The van der Waals surface area contributed by atoms with Gasteiger partial charge in [-0.05, 0) is 36.6 Å². The Balaban J connectivity index is 1.61. The highest BCUT2D eigenvalue weighted by Crippen LogP contribution is 2.47. The van der Waals surface area contributed by atoms with Crippen molar-refractivity contribution in [2.45, 2.75) is 25.8 Å². The highest BCUT2D eigenvalue weighted by Gasteiger charge is 2.36.